The molecule has 2 heterocycles. The topological polar surface area (TPSA) is 60.9 Å². The zero-order valence-electron chi connectivity index (χ0n) is 13.7. The van der Waals surface area contributed by atoms with Gasteiger partial charge in [-0.15, -0.1) is 0 Å². The maximum Gasteiger partial charge on any atom is 0.243 e. The quantitative estimate of drug-likeness (QED) is 0.805. The van der Waals surface area contributed by atoms with Crippen LogP contribution in [-0.4, -0.2) is 69.1 Å². The van der Waals surface area contributed by atoms with Crippen molar-refractivity contribution in [2.75, 3.05) is 43.3 Å². The van der Waals surface area contributed by atoms with Crippen LogP contribution in [0.1, 0.15) is 12.8 Å². The number of anilines is 1. The molecule has 1 atom stereocenters. The minimum atomic E-state index is -3.68. The van der Waals surface area contributed by atoms with E-state index < -0.39 is 15.8 Å². The fourth-order valence-corrected chi connectivity index (χ4v) is 4.31. The molecule has 132 valence electrons. The molecule has 0 unspecified atom stereocenters. The van der Waals surface area contributed by atoms with Crippen molar-refractivity contribution in [2.45, 2.75) is 18.9 Å². The molecule has 1 amide bonds. The van der Waals surface area contributed by atoms with E-state index in [4.69, 9.17) is 0 Å². The lowest BCUT2D eigenvalue weighted by molar-refractivity contribution is -0.132. The zero-order valence-corrected chi connectivity index (χ0v) is 14.5. The number of sulfonamides is 1. The highest BCUT2D eigenvalue weighted by atomic mass is 32.2. The van der Waals surface area contributed by atoms with Crippen LogP contribution in [-0.2, 0) is 14.8 Å². The molecule has 0 aliphatic carbocycles. The summed E-state index contributed by atoms with van der Waals surface area (Å²) in [6, 6.07) is 5.68. The van der Waals surface area contributed by atoms with E-state index in [9.17, 15) is 17.6 Å². The summed E-state index contributed by atoms with van der Waals surface area (Å²) in [7, 11) is -3.68. The lowest BCUT2D eigenvalue weighted by Gasteiger charge is -2.38. The third-order valence-electron chi connectivity index (χ3n) is 4.72. The average Bonchev–Trinajstić information content (AvgIpc) is 2.98. The van der Waals surface area contributed by atoms with Crippen LogP contribution in [0, 0.1) is 5.82 Å². The third-order valence-corrected chi connectivity index (χ3v) is 5.86. The van der Waals surface area contributed by atoms with Gasteiger partial charge in [0, 0.05) is 25.7 Å². The van der Waals surface area contributed by atoms with Crippen molar-refractivity contribution in [2.24, 2.45) is 0 Å². The molecule has 0 radical (unpaired) electrons. The molecular weight excluding hydrogens is 333 g/mol. The monoisotopic (exact) mass is 355 g/mol. The summed E-state index contributed by atoms with van der Waals surface area (Å²) >= 11 is 0. The fourth-order valence-electron chi connectivity index (χ4n) is 3.47. The average molecular weight is 355 g/mol. The summed E-state index contributed by atoms with van der Waals surface area (Å²) in [5.41, 5.74) is 0.172. The second-order valence-electron chi connectivity index (χ2n) is 6.42. The van der Waals surface area contributed by atoms with Crippen molar-refractivity contribution in [3.63, 3.8) is 0 Å². The number of amides is 1. The van der Waals surface area contributed by atoms with E-state index in [1.807, 2.05) is 0 Å². The van der Waals surface area contributed by atoms with Crippen molar-refractivity contribution in [1.29, 1.82) is 0 Å². The Morgan fingerprint density at radius 1 is 1.33 bits per heavy atom. The van der Waals surface area contributed by atoms with Gasteiger partial charge < -0.3 is 4.90 Å². The second kappa shape index (κ2) is 6.68. The highest BCUT2D eigenvalue weighted by Gasteiger charge is 2.33. The van der Waals surface area contributed by atoms with Gasteiger partial charge in [-0.05, 0) is 37.6 Å². The van der Waals surface area contributed by atoms with Crippen LogP contribution in [0.3, 0.4) is 0 Å². The highest BCUT2D eigenvalue weighted by Crippen LogP contribution is 2.23. The van der Waals surface area contributed by atoms with E-state index in [0.29, 0.717) is 19.1 Å². The number of rotatable bonds is 4. The molecule has 0 spiro atoms. The van der Waals surface area contributed by atoms with Crippen molar-refractivity contribution in [3.8, 4) is 0 Å². The number of nitrogens with zero attached hydrogens (tertiary/aromatic N) is 3. The normalized spacial score (nSPS) is 21.6. The van der Waals surface area contributed by atoms with E-state index in [1.54, 1.807) is 4.90 Å². The Morgan fingerprint density at radius 3 is 2.83 bits per heavy atom. The summed E-state index contributed by atoms with van der Waals surface area (Å²) in [5, 5.41) is 0. The molecule has 2 aliphatic heterocycles. The van der Waals surface area contributed by atoms with Gasteiger partial charge in [0.05, 0.1) is 11.9 Å². The molecule has 0 saturated carbocycles. The Balaban J connectivity index is 1.74. The predicted octanol–water partition coefficient (Wildman–Crippen LogP) is 0.898. The van der Waals surface area contributed by atoms with Gasteiger partial charge in [-0.25, -0.2) is 12.8 Å². The SMILES string of the molecule is CS(=O)(=O)N(CC(=O)N1CCN2CCC[C@@H]2C1)c1cccc(F)c1. The molecule has 2 fully saturated rings. The molecule has 2 saturated heterocycles. The van der Waals surface area contributed by atoms with Crippen LogP contribution < -0.4 is 4.31 Å². The van der Waals surface area contributed by atoms with Crippen LogP contribution in [0.4, 0.5) is 10.1 Å². The predicted molar refractivity (Wildman–Crippen MR) is 89.8 cm³/mol. The molecule has 1 aromatic rings. The number of carbonyl (C=O) groups excluding carboxylic acids is 1. The van der Waals surface area contributed by atoms with Crippen LogP contribution in [0.2, 0.25) is 0 Å². The Kier molecular flexibility index (Phi) is 4.78. The molecule has 3 rings (SSSR count). The molecule has 6 nitrogen and oxygen atoms in total. The van der Waals surface area contributed by atoms with Gasteiger partial charge in [-0.2, -0.15) is 0 Å². The third kappa shape index (κ3) is 3.70. The molecule has 0 N–H and O–H groups in total. The first-order valence-corrected chi connectivity index (χ1v) is 9.94. The molecule has 0 bridgehead atoms. The smallest absolute Gasteiger partial charge is 0.243 e. The summed E-state index contributed by atoms with van der Waals surface area (Å²) in [5.74, 6) is -0.774. The molecule has 0 aromatic heterocycles. The van der Waals surface area contributed by atoms with Gasteiger partial charge in [0.15, 0.2) is 0 Å². The number of piperazine rings is 1. The number of carbonyl (C=O) groups is 1. The summed E-state index contributed by atoms with van der Waals surface area (Å²) in [4.78, 5) is 16.7. The fraction of sp³-hybridized carbons (Fsp3) is 0.562. The molecule has 2 aliphatic rings. The van der Waals surface area contributed by atoms with Crippen LogP contribution in [0.15, 0.2) is 24.3 Å². The first kappa shape index (κ1) is 17.2. The minimum Gasteiger partial charge on any atom is -0.338 e. The number of hydrogen-bond donors (Lipinski definition) is 0. The number of halogens is 1. The zero-order chi connectivity index (χ0) is 17.3. The van der Waals surface area contributed by atoms with Crippen molar-refractivity contribution >= 4 is 21.6 Å². The molecule has 24 heavy (non-hydrogen) atoms. The van der Waals surface area contributed by atoms with Crippen molar-refractivity contribution < 1.29 is 17.6 Å². The van der Waals surface area contributed by atoms with Crippen LogP contribution in [0.5, 0.6) is 0 Å². The van der Waals surface area contributed by atoms with Crippen molar-refractivity contribution in [1.82, 2.24) is 9.80 Å². The van der Waals surface area contributed by atoms with Crippen LogP contribution in [0.25, 0.3) is 0 Å². The van der Waals surface area contributed by atoms with E-state index >= 15 is 0 Å². The Hall–Kier alpha value is -1.67. The van der Waals surface area contributed by atoms with E-state index in [1.165, 1.54) is 18.2 Å². The summed E-state index contributed by atoms with van der Waals surface area (Å²) in [6.07, 6.45) is 3.25. The van der Waals surface area contributed by atoms with Gasteiger partial charge in [-0.3, -0.25) is 14.0 Å². The molecule has 8 heteroatoms. The lowest BCUT2D eigenvalue weighted by Crippen LogP contribution is -2.54. The Labute approximate surface area is 141 Å². The summed E-state index contributed by atoms with van der Waals surface area (Å²) < 4.78 is 38.5. The van der Waals surface area contributed by atoms with Crippen LogP contribution >= 0.6 is 0 Å². The standard InChI is InChI=1S/C16H22FN3O3S/c1-24(22,23)20(14-5-2-4-13(17)10-14)12-16(21)19-9-8-18-7-3-6-15(18)11-19/h2,4-5,10,15H,3,6-9,11-12H2,1H3/t15-/m1/s1. The number of benzene rings is 1. The van der Waals surface area contributed by atoms with Gasteiger partial charge in [0.25, 0.3) is 0 Å². The van der Waals surface area contributed by atoms with E-state index in [2.05, 4.69) is 4.90 Å². The summed E-state index contributed by atoms with van der Waals surface area (Å²) in [6.45, 7) is 2.85. The first-order chi connectivity index (χ1) is 11.3. The highest BCUT2D eigenvalue weighted by molar-refractivity contribution is 7.92. The minimum absolute atomic E-state index is 0.172. The van der Waals surface area contributed by atoms with Gasteiger partial charge in [0.1, 0.15) is 12.4 Å². The largest absolute Gasteiger partial charge is 0.338 e. The van der Waals surface area contributed by atoms with Gasteiger partial charge in [0.2, 0.25) is 15.9 Å². The maximum absolute atomic E-state index is 13.4. The second-order valence-corrected chi connectivity index (χ2v) is 8.33. The van der Waals surface area contributed by atoms with E-state index in [0.717, 1.165) is 42.6 Å². The molecular formula is C16H22FN3O3S. The van der Waals surface area contributed by atoms with Gasteiger partial charge >= 0.3 is 0 Å². The van der Waals surface area contributed by atoms with Crippen molar-refractivity contribution in [3.05, 3.63) is 30.1 Å². The number of hydrogen-bond acceptors (Lipinski definition) is 4. The number of fused-ring (bicyclic) bond motifs is 1. The van der Waals surface area contributed by atoms with E-state index in [-0.39, 0.29) is 18.1 Å². The van der Waals surface area contributed by atoms with Gasteiger partial charge in [-0.1, -0.05) is 6.07 Å². The Bertz CT molecular complexity index is 725. The Morgan fingerprint density at radius 2 is 2.12 bits per heavy atom. The first-order valence-electron chi connectivity index (χ1n) is 8.10. The lowest BCUT2D eigenvalue weighted by atomic mass is 10.1. The maximum atomic E-state index is 13.4. The molecule has 1 aromatic carbocycles.